The van der Waals surface area contributed by atoms with E-state index in [1.54, 1.807) is 0 Å². The lowest BCUT2D eigenvalue weighted by Gasteiger charge is -2.29. The molecular weight excluding hydrogens is 226 g/mol. The number of hydrogen-bond donors (Lipinski definition) is 1. The summed E-state index contributed by atoms with van der Waals surface area (Å²) >= 11 is 0. The van der Waals surface area contributed by atoms with Crippen LogP contribution in [0.3, 0.4) is 0 Å². The Labute approximate surface area is 109 Å². The fraction of sp³-hybridized carbons (Fsp3) is 0.643. The molecule has 0 aliphatic carbocycles. The van der Waals surface area contributed by atoms with Crippen LogP contribution in [0.2, 0.25) is 0 Å². The van der Waals surface area contributed by atoms with Crippen molar-refractivity contribution in [2.75, 3.05) is 26.7 Å². The molecule has 2 atom stereocenters. The van der Waals surface area contributed by atoms with Gasteiger partial charge >= 0.3 is 0 Å². The molecule has 1 saturated heterocycles. The van der Waals surface area contributed by atoms with E-state index in [9.17, 15) is 5.11 Å². The van der Waals surface area contributed by atoms with E-state index in [-0.39, 0.29) is 12.6 Å². The first-order valence-corrected chi connectivity index (χ1v) is 6.65. The van der Waals surface area contributed by atoms with Crippen LogP contribution in [0.15, 0.2) is 24.4 Å². The van der Waals surface area contributed by atoms with Crippen molar-refractivity contribution in [2.24, 2.45) is 0 Å². The Hall–Kier alpha value is -0.970. The highest BCUT2D eigenvalue weighted by Gasteiger charge is 2.26. The molecule has 0 aromatic carbocycles. The minimum Gasteiger partial charge on any atom is -0.395 e. The molecule has 1 aromatic rings. The first-order chi connectivity index (χ1) is 8.70. The second-order valence-electron chi connectivity index (χ2n) is 5.21. The van der Waals surface area contributed by atoms with Crippen LogP contribution in [0, 0.1) is 0 Å². The largest absolute Gasteiger partial charge is 0.395 e. The standard InChI is InChI=1S/C14H23N3O/c1-12-6-8-16(2)14(11-18)10-17(12)9-13-5-3-4-7-15-13/h3-5,7,12,14,18H,6,8-11H2,1-2H3. The Morgan fingerprint density at radius 1 is 1.44 bits per heavy atom. The summed E-state index contributed by atoms with van der Waals surface area (Å²) in [5.74, 6) is 0. The van der Waals surface area contributed by atoms with Crippen LogP contribution in [-0.2, 0) is 6.54 Å². The second-order valence-corrected chi connectivity index (χ2v) is 5.21. The zero-order chi connectivity index (χ0) is 13.0. The smallest absolute Gasteiger partial charge is 0.0599 e. The minimum atomic E-state index is 0.224. The quantitative estimate of drug-likeness (QED) is 0.866. The highest BCUT2D eigenvalue weighted by molar-refractivity contribution is 5.04. The van der Waals surface area contributed by atoms with Gasteiger partial charge in [-0.05, 0) is 39.1 Å². The van der Waals surface area contributed by atoms with Gasteiger partial charge in [-0.1, -0.05) is 6.07 Å². The van der Waals surface area contributed by atoms with Crippen LogP contribution < -0.4 is 0 Å². The molecule has 2 unspecified atom stereocenters. The predicted octanol–water partition coefficient (Wildman–Crippen LogP) is 0.968. The van der Waals surface area contributed by atoms with Crippen molar-refractivity contribution < 1.29 is 5.11 Å². The molecule has 4 heteroatoms. The Morgan fingerprint density at radius 2 is 2.28 bits per heavy atom. The third kappa shape index (κ3) is 3.28. The van der Waals surface area contributed by atoms with Crippen molar-refractivity contribution >= 4 is 0 Å². The Kier molecular flexibility index (Phi) is 4.69. The van der Waals surface area contributed by atoms with E-state index in [0.29, 0.717) is 6.04 Å². The van der Waals surface area contributed by atoms with Crippen molar-refractivity contribution in [1.82, 2.24) is 14.8 Å². The molecule has 2 heterocycles. The molecule has 0 spiro atoms. The summed E-state index contributed by atoms with van der Waals surface area (Å²) < 4.78 is 0. The van der Waals surface area contributed by atoms with Crippen molar-refractivity contribution in [3.63, 3.8) is 0 Å². The van der Waals surface area contributed by atoms with E-state index >= 15 is 0 Å². The number of hydrogen-bond acceptors (Lipinski definition) is 4. The van der Waals surface area contributed by atoms with Gasteiger partial charge < -0.3 is 5.11 Å². The normalized spacial score (nSPS) is 27.1. The number of pyridine rings is 1. The van der Waals surface area contributed by atoms with Crippen LogP contribution in [0.1, 0.15) is 19.0 Å². The molecule has 0 amide bonds. The third-order valence-electron chi connectivity index (χ3n) is 3.89. The monoisotopic (exact) mass is 249 g/mol. The summed E-state index contributed by atoms with van der Waals surface area (Å²) in [5.41, 5.74) is 1.10. The molecule has 1 aromatic heterocycles. The van der Waals surface area contributed by atoms with Gasteiger partial charge in [0.2, 0.25) is 0 Å². The maximum Gasteiger partial charge on any atom is 0.0599 e. The Balaban J connectivity index is 2.05. The van der Waals surface area contributed by atoms with Crippen LogP contribution in [0.4, 0.5) is 0 Å². The zero-order valence-electron chi connectivity index (χ0n) is 11.3. The minimum absolute atomic E-state index is 0.224. The topological polar surface area (TPSA) is 39.6 Å². The van der Waals surface area contributed by atoms with Gasteiger partial charge in [0.1, 0.15) is 0 Å². The van der Waals surface area contributed by atoms with E-state index < -0.39 is 0 Å². The van der Waals surface area contributed by atoms with Crippen LogP contribution >= 0.6 is 0 Å². The molecule has 1 aliphatic rings. The van der Waals surface area contributed by atoms with Crippen molar-refractivity contribution in [3.8, 4) is 0 Å². The van der Waals surface area contributed by atoms with Crippen molar-refractivity contribution in [1.29, 1.82) is 0 Å². The van der Waals surface area contributed by atoms with Crippen LogP contribution in [0.5, 0.6) is 0 Å². The maximum absolute atomic E-state index is 9.47. The van der Waals surface area contributed by atoms with E-state index in [1.807, 2.05) is 18.3 Å². The van der Waals surface area contributed by atoms with Gasteiger partial charge in [-0.2, -0.15) is 0 Å². The molecule has 0 bridgehead atoms. The van der Waals surface area contributed by atoms with E-state index in [2.05, 4.69) is 34.8 Å². The molecule has 1 N–H and O–H groups in total. The average molecular weight is 249 g/mol. The number of aliphatic hydroxyl groups excluding tert-OH is 1. The zero-order valence-corrected chi connectivity index (χ0v) is 11.3. The fourth-order valence-electron chi connectivity index (χ4n) is 2.46. The Morgan fingerprint density at radius 3 is 2.94 bits per heavy atom. The molecular formula is C14H23N3O. The summed E-state index contributed by atoms with van der Waals surface area (Å²) in [6.07, 6.45) is 2.98. The first-order valence-electron chi connectivity index (χ1n) is 6.65. The summed E-state index contributed by atoms with van der Waals surface area (Å²) in [4.78, 5) is 9.07. The second kappa shape index (κ2) is 6.27. The SMILES string of the molecule is CC1CCN(C)C(CO)CN1Cc1ccccn1. The third-order valence-corrected chi connectivity index (χ3v) is 3.89. The summed E-state index contributed by atoms with van der Waals surface area (Å²) in [6, 6.07) is 6.81. The lowest BCUT2D eigenvalue weighted by Crippen LogP contribution is -2.42. The van der Waals surface area contributed by atoms with Gasteiger partial charge in [-0.25, -0.2) is 0 Å². The molecule has 1 aliphatic heterocycles. The summed E-state index contributed by atoms with van der Waals surface area (Å²) in [6.45, 7) is 5.31. The number of aliphatic hydroxyl groups is 1. The lowest BCUT2D eigenvalue weighted by atomic mass is 10.2. The van der Waals surface area contributed by atoms with E-state index in [4.69, 9.17) is 0 Å². The predicted molar refractivity (Wildman–Crippen MR) is 72.2 cm³/mol. The average Bonchev–Trinajstić information content (AvgIpc) is 2.53. The first kappa shape index (κ1) is 13.5. The maximum atomic E-state index is 9.47. The molecule has 2 rings (SSSR count). The van der Waals surface area contributed by atoms with Gasteiger partial charge in [0.15, 0.2) is 0 Å². The number of aromatic nitrogens is 1. The fourth-order valence-corrected chi connectivity index (χ4v) is 2.46. The summed E-state index contributed by atoms with van der Waals surface area (Å²) in [5, 5.41) is 9.47. The highest BCUT2D eigenvalue weighted by Crippen LogP contribution is 2.16. The van der Waals surface area contributed by atoms with E-state index in [1.165, 1.54) is 0 Å². The molecule has 18 heavy (non-hydrogen) atoms. The van der Waals surface area contributed by atoms with E-state index in [0.717, 1.165) is 31.7 Å². The van der Waals surface area contributed by atoms with Gasteiger partial charge in [-0.3, -0.25) is 14.8 Å². The number of likely N-dealkylation sites (N-methyl/N-ethyl adjacent to an activating group) is 1. The number of nitrogens with zero attached hydrogens (tertiary/aromatic N) is 3. The van der Waals surface area contributed by atoms with Crippen LogP contribution in [0.25, 0.3) is 0 Å². The molecule has 0 saturated carbocycles. The van der Waals surface area contributed by atoms with Gasteiger partial charge in [0.25, 0.3) is 0 Å². The summed E-state index contributed by atoms with van der Waals surface area (Å²) in [7, 11) is 2.10. The molecule has 4 nitrogen and oxygen atoms in total. The van der Waals surface area contributed by atoms with Gasteiger partial charge in [-0.15, -0.1) is 0 Å². The van der Waals surface area contributed by atoms with Gasteiger partial charge in [0.05, 0.1) is 12.3 Å². The lowest BCUT2D eigenvalue weighted by molar-refractivity contribution is 0.119. The molecule has 100 valence electrons. The highest BCUT2D eigenvalue weighted by atomic mass is 16.3. The van der Waals surface area contributed by atoms with Crippen molar-refractivity contribution in [3.05, 3.63) is 30.1 Å². The number of rotatable bonds is 3. The van der Waals surface area contributed by atoms with Crippen LogP contribution in [-0.4, -0.2) is 58.7 Å². The molecule has 1 fully saturated rings. The van der Waals surface area contributed by atoms with Gasteiger partial charge in [0, 0.05) is 31.4 Å². The molecule has 0 radical (unpaired) electrons. The Bertz CT molecular complexity index is 357. The van der Waals surface area contributed by atoms with Crippen molar-refractivity contribution in [2.45, 2.75) is 32.0 Å².